The molecule has 0 heterocycles. The molecular weight excluding hydrogens is 204 g/mol. The Labute approximate surface area is 96.1 Å². The molecule has 0 saturated heterocycles. The third-order valence-electron chi connectivity index (χ3n) is 2.69. The van der Waals surface area contributed by atoms with Crippen molar-refractivity contribution in [1.29, 1.82) is 0 Å². The van der Waals surface area contributed by atoms with E-state index in [1.807, 2.05) is 13.8 Å². The fourth-order valence-electron chi connectivity index (χ4n) is 1.36. The third kappa shape index (κ3) is 2.35. The molecule has 0 aliphatic rings. The van der Waals surface area contributed by atoms with Crippen LogP contribution in [0.3, 0.4) is 0 Å². The van der Waals surface area contributed by atoms with Crippen molar-refractivity contribution < 1.29 is 14.6 Å². The van der Waals surface area contributed by atoms with Crippen molar-refractivity contribution in [2.75, 3.05) is 0 Å². The van der Waals surface area contributed by atoms with Gasteiger partial charge in [0.1, 0.15) is 11.5 Å². The van der Waals surface area contributed by atoms with Crippen LogP contribution in [-0.2, 0) is 4.79 Å². The van der Waals surface area contributed by atoms with Gasteiger partial charge in [-0.25, -0.2) is 0 Å². The second-order valence-corrected chi connectivity index (χ2v) is 4.37. The predicted molar refractivity (Wildman–Crippen MR) is 62.8 cm³/mol. The molecule has 1 N–H and O–H groups in total. The van der Waals surface area contributed by atoms with Gasteiger partial charge >= 0.3 is 5.97 Å². The van der Waals surface area contributed by atoms with Crippen molar-refractivity contribution in [3.8, 4) is 11.5 Å². The Morgan fingerprint density at radius 3 is 2.31 bits per heavy atom. The van der Waals surface area contributed by atoms with E-state index in [0.717, 1.165) is 16.7 Å². The van der Waals surface area contributed by atoms with Gasteiger partial charge < -0.3 is 9.84 Å². The minimum absolute atomic E-state index is 0.159. The number of carbonyl (C=O) groups is 1. The van der Waals surface area contributed by atoms with Gasteiger partial charge in [0.05, 0.1) is 5.92 Å². The van der Waals surface area contributed by atoms with Gasteiger partial charge in [0.15, 0.2) is 0 Å². The monoisotopic (exact) mass is 222 g/mol. The third-order valence-corrected chi connectivity index (χ3v) is 2.69. The van der Waals surface area contributed by atoms with E-state index in [1.165, 1.54) is 0 Å². The summed E-state index contributed by atoms with van der Waals surface area (Å²) in [5.74, 6) is 0.384. The molecule has 3 nitrogen and oxygen atoms in total. The summed E-state index contributed by atoms with van der Waals surface area (Å²) >= 11 is 0. The van der Waals surface area contributed by atoms with Gasteiger partial charge in [0.25, 0.3) is 0 Å². The number of esters is 1. The molecule has 0 saturated carbocycles. The van der Waals surface area contributed by atoms with Gasteiger partial charge in [0, 0.05) is 0 Å². The molecule has 1 aromatic carbocycles. The van der Waals surface area contributed by atoms with E-state index >= 15 is 0 Å². The van der Waals surface area contributed by atoms with Gasteiger partial charge in [-0.1, -0.05) is 13.8 Å². The van der Waals surface area contributed by atoms with E-state index in [1.54, 1.807) is 26.8 Å². The molecule has 0 aromatic heterocycles. The molecule has 3 heteroatoms. The number of ether oxygens (including phenoxy) is 1. The van der Waals surface area contributed by atoms with Crippen molar-refractivity contribution in [3.63, 3.8) is 0 Å². The quantitative estimate of drug-likeness (QED) is 0.618. The number of hydrogen-bond donors (Lipinski definition) is 1. The minimum Gasteiger partial charge on any atom is -0.507 e. The number of carbonyl (C=O) groups excluding carboxylic acids is 1. The lowest BCUT2D eigenvalue weighted by atomic mass is 10.0. The van der Waals surface area contributed by atoms with Crippen LogP contribution in [0.1, 0.15) is 30.5 Å². The molecule has 0 fully saturated rings. The molecule has 0 aliphatic carbocycles. The lowest BCUT2D eigenvalue weighted by Crippen LogP contribution is -2.15. The minimum atomic E-state index is -0.257. The summed E-state index contributed by atoms with van der Waals surface area (Å²) in [6, 6.07) is 1.69. The molecular formula is C13H18O3. The van der Waals surface area contributed by atoms with E-state index in [4.69, 9.17) is 4.74 Å². The molecule has 0 bridgehead atoms. The Hall–Kier alpha value is -1.51. The van der Waals surface area contributed by atoms with Gasteiger partial charge in [-0.05, 0) is 43.5 Å². The van der Waals surface area contributed by atoms with Crippen LogP contribution >= 0.6 is 0 Å². The van der Waals surface area contributed by atoms with E-state index in [-0.39, 0.29) is 17.6 Å². The number of aryl methyl sites for hydroxylation is 1. The van der Waals surface area contributed by atoms with Gasteiger partial charge in [-0.2, -0.15) is 0 Å². The zero-order valence-electron chi connectivity index (χ0n) is 10.4. The molecule has 0 atom stereocenters. The first-order chi connectivity index (χ1) is 7.34. The number of benzene rings is 1. The van der Waals surface area contributed by atoms with Crippen molar-refractivity contribution in [2.24, 2.45) is 5.92 Å². The summed E-state index contributed by atoms with van der Waals surface area (Å²) in [6.07, 6.45) is 0. The van der Waals surface area contributed by atoms with Crippen LogP contribution in [0.4, 0.5) is 0 Å². The van der Waals surface area contributed by atoms with Crippen LogP contribution in [0.25, 0.3) is 0 Å². The van der Waals surface area contributed by atoms with Crippen LogP contribution < -0.4 is 4.74 Å². The maximum Gasteiger partial charge on any atom is 0.313 e. The molecule has 0 unspecified atom stereocenters. The Bertz CT molecular complexity index is 420. The second kappa shape index (κ2) is 4.56. The van der Waals surface area contributed by atoms with E-state index in [9.17, 15) is 9.90 Å². The highest BCUT2D eigenvalue weighted by atomic mass is 16.5. The summed E-state index contributed by atoms with van der Waals surface area (Å²) < 4.78 is 5.27. The smallest absolute Gasteiger partial charge is 0.313 e. The summed E-state index contributed by atoms with van der Waals surface area (Å²) in [4.78, 5) is 11.5. The largest absolute Gasteiger partial charge is 0.507 e. The maximum absolute atomic E-state index is 11.5. The first-order valence-electron chi connectivity index (χ1n) is 5.36. The van der Waals surface area contributed by atoms with Gasteiger partial charge in [-0.15, -0.1) is 0 Å². The Morgan fingerprint density at radius 1 is 1.25 bits per heavy atom. The van der Waals surface area contributed by atoms with Crippen LogP contribution in [-0.4, -0.2) is 11.1 Å². The summed E-state index contributed by atoms with van der Waals surface area (Å²) in [5.41, 5.74) is 2.28. The number of rotatable bonds is 2. The van der Waals surface area contributed by atoms with Crippen molar-refractivity contribution in [2.45, 2.75) is 34.6 Å². The SMILES string of the molecule is Cc1cc(OC(=O)C(C)C)c(C)c(C)c1O. The lowest BCUT2D eigenvalue weighted by molar-refractivity contribution is -0.137. The van der Waals surface area contributed by atoms with E-state index in [0.29, 0.717) is 5.75 Å². The first kappa shape index (κ1) is 12.6. The molecule has 1 rings (SSSR count). The van der Waals surface area contributed by atoms with Crippen molar-refractivity contribution >= 4 is 5.97 Å². The highest BCUT2D eigenvalue weighted by Crippen LogP contribution is 2.32. The van der Waals surface area contributed by atoms with Crippen LogP contribution in [0.5, 0.6) is 11.5 Å². The molecule has 1 aromatic rings. The highest BCUT2D eigenvalue weighted by molar-refractivity contribution is 5.75. The van der Waals surface area contributed by atoms with Gasteiger partial charge in [-0.3, -0.25) is 4.79 Å². The average molecular weight is 222 g/mol. The van der Waals surface area contributed by atoms with Crippen molar-refractivity contribution in [3.05, 3.63) is 22.8 Å². The normalized spacial score (nSPS) is 10.6. The number of aromatic hydroxyl groups is 1. The van der Waals surface area contributed by atoms with E-state index < -0.39 is 0 Å². The highest BCUT2D eigenvalue weighted by Gasteiger charge is 2.15. The number of hydrogen-bond acceptors (Lipinski definition) is 3. The van der Waals surface area contributed by atoms with Crippen LogP contribution in [0.15, 0.2) is 6.07 Å². The Kier molecular flexibility index (Phi) is 3.58. The predicted octanol–water partition coefficient (Wildman–Crippen LogP) is 2.88. The average Bonchev–Trinajstić information content (AvgIpc) is 2.22. The molecule has 16 heavy (non-hydrogen) atoms. The molecule has 0 aliphatic heterocycles. The number of phenolic OH excluding ortho intramolecular Hbond substituents is 1. The van der Waals surface area contributed by atoms with Crippen molar-refractivity contribution in [1.82, 2.24) is 0 Å². The summed E-state index contributed by atoms with van der Waals surface area (Å²) in [7, 11) is 0. The van der Waals surface area contributed by atoms with Crippen LogP contribution in [0.2, 0.25) is 0 Å². The van der Waals surface area contributed by atoms with Gasteiger partial charge in [0.2, 0.25) is 0 Å². The Morgan fingerprint density at radius 2 is 1.81 bits per heavy atom. The molecule has 0 spiro atoms. The number of phenols is 1. The summed E-state index contributed by atoms with van der Waals surface area (Å²) in [5, 5.41) is 9.71. The second-order valence-electron chi connectivity index (χ2n) is 4.37. The fourth-order valence-corrected chi connectivity index (χ4v) is 1.36. The standard InChI is InChI=1S/C13H18O3/c1-7(2)13(15)16-11-6-8(3)12(14)10(5)9(11)4/h6-7,14H,1-5H3. The molecule has 0 amide bonds. The Balaban J connectivity index is 3.11. The van der Waals surface area contributed by atoms with Crippen LogP contribution in [0, 0.1) is 26.7 Å². The van der Waals surface area contributed by atoms with E-state index in [2.05, 4.69) is 0 Å². The summed E-state index contributed by atoms with van der Waals surface area (Å²) in [6.45, 7) is 9.01. The molecule has 0 radical (unpaired) electrons. The fraction of sp³-hybridized carbons (Fsp3) is 0.462. The first-order valence-corrected chi connectivity index (χ1v) is 5.36. The topological polar surface area (TPSA) is 46.5 Å². The zero-order chi connectivity index (χ0) is 12.5. The molecule has 88 valence electrons. The zero-order valence-corrected chi connectivity index (χ0v) is 10.4. The lowest BCUT2D eigenvalue weighted by Gasteiger charge is -2.13. The maximum atomic E-state index is 11.5.